The fraction of sp³-hybridized carbons (Fsp3) is 0.405. The molecule has 0 bridgehead atoms. The summed E-state index contributed by atoms with van der Waals surface area (Å²) in [4.78, 5) is 58.6. The Balaban J connectivity index is 1.48. The summed E-state index contributed by atoms with van der Waals surface area (Å²) in [5, 5.41) is 5.85. The number of carbonyl (C=O) groups excluding carboxylic acids is 4. The fourth-order valence-corrected chi connectivity index (χ4v) is 6.25. The number of hydrogen-bond acceptors (Lipinski definition) is 6. The Morgan fingerprint density at radius 3 is 2.06 bits per heavy atom. The van der Waals surface area contributed by atoms with Crippen LogP contribution in [0.25, 0.3) is 0 Å². The van der Waals surface area contributed by atoms with Gasteiger partial charge in [-0.1, -0.05) is 72.8 Å². The van der Waals surface area contributed by atoms with Gasteiger partial charge in [0.25, 0.3) is 5.91 Å². The summed E-state index contributed by atoms with van der Waals surface area (Å²) in [6.07, 6.45) is 0.446. The van der Waals surface area contributed by atoms with Crippen LogP contribution in [0.1, 0.15) is 48.2 Å². The van der Waals surface area contributed by atoms with Crippen LogP contribution in [-0.2, 0) is 32.0 Å². The van der Waals surface area contributed by atoms with Crippen molar-refractivity contribution in [2.45, 2.75) is 69.9 Å². The molecule has 5 atom stereocenters. The number of carbonyl (C=O) groups is 4. The van der Waals surface area contributed by atoms with Gasteiger partial charge in [-0.15, -0.1) is 0 Å². The quantitative estimate of drug-likeness (QED) is 0.442. The summed E-state index contributed by atoms with van der Waals surface area (Å²) in [7, 11) is 1.72. The van der Waals surface area contributed by atoms with E-state index in [0.717, 1.165) is 11.1 Å². The molecule has 4 amide bonds. The molecule has 10 nitrogen and oxygen atoms in total. The lowest BCUT2D eigenvalue weighted by Gasteiger charge is -2.37. The molecule has 248 valence electrons. The van der Waals surface area contributed by atoms with Gasteiger partial charge in [-0.05, 0) is 49.9 Å². The molecule has 10 heteroatoms. The van der Waals surface area contributed by atoms with Crippen molar-refractivity contribution >= 4 is 23.6 Å². The van der Waals surface area contributed by atoms with E-state index in [1.165, 1.54) is 0 Å². The lowest BCUT2D eigenvalue weighted by molar-refractivity contribution is -0.145. The summed E-state index contributed by atoms with van der Waals surface area (Å²) in [5.41, 5.74) is 2.18. The lowest BCUT2D eigenvalue weighted by Crippen LogP contribution is -2.55. The van der Waals surface area contributed by atoms with Crippen LogP contribution in [0.4, 0.5) is 0 Å². The monoisotopic (exact) mass is 640 g/mol. The number of para-hydroxylation sites is 1. The van der Waals surface area contributed by atoms with Gasteiger partial charge in [0, 0.05) is 33.0 Å². The number of likely N-dealkylation sites (N-methyl/N-ethyl adjacent to an activating group) is 1. The van der Waals surface area contributed by atoms with Crippen molar-refractivity contribution in [1.29, 1.82) is 0 Å². The summed E-state index contributed by atoms with van der Waals surface area (Å²) < 4.78 is 12.1. The van der Waals surface area contributed by atoms with E-state index in [9.17, 15) is 19.2 Å². The van der Waals surface area contributed by atoms with Gasteiger partial charge < -0.3 is 29.9 Å². The van der Waals surface area contributed by atoms with Gasteiger partial charge in [0.1, 0.15) is 24.4 Å². The largest absolute Gasteiger partial charge is 0.491 e. The molecular formula is C37H44N4O6. The molecule has 0 aromatic heterocycles. The first-order valence-corrected chi connectivity index (χ1v) is 16.3. The summed E-state index contributed by atoms with van der Waals surface area (Å²) in [6, 6.07) is 24.0. The third-order valence-corrected chi connectivity index (χ3v) is 8.68. The zero-order valence-electron chi connectivity index (χ0n) is 27.3. The molecule has 47 heavy (non-hydrogen) atoms. The number of benzene rings is 3. The molecule has 1 fully saturated rings. The van der Waals surface area contributed by atoms with Gasteiger partial charge in [-0.3, -0.25) is 19.2 Å². The van der Waals surface area contributed by atoms with Crippen molar-refractivity contribution in [1.82, 2.24) is 20.4 Å². The second kappa shape index (κ2) is 15.7. The molecule has 0 unspecified atom stereocenters. The van der Waals surface area contributed by atoms with E-state index in [4.69, 9.17) is 9.47 Å². The molecule has 0 saturated carbocycles. The predicted octanol–water partition coefficient (Wildman–Crippen LogP) is 3.39. The molecule has 1 saturated heterocycles. The molecule has 2 heterocycles. The maximum atomic E-state index is 14.2. The van der Waals surface area contributed by atoms with Gasteiger partial charge in [0.15, 0.2) is 0 Å². The highest BCUT2D eigenvalue weighted by Crippen LogP contribution is 2.22. The SMILES string of the molecule is C[C@@H]1CN(C(=O)[C@@H]2CCC(=O)N[C@@H](Cc3ccccc3)C(=O)N(C)[C@H](Cc3ccccc3)COc3ccccc3C(=O)N2)C[C@H](C)O1. The Kier molecular flexibility index (Phi) is 11.3. The average molecular weight is 641 g/mol. The van der Waals surface area contributed by atoms with Crippen LogP contribution in [0.3, 0.4) is 0 Å². The molecule has 2 aliphatic rings. The topological polar surface area (TPSA) is 117 Å². The van der Waals surface area contributed by atoms with Crippen LogP contribution in [-0.4, -0.2) is 90.5 Å². The molecule has 0 radical (unpaired) electrons. The average Bonchev–Trinajstić information content (AvgIpc) is 3.07. The highest BCUT2D eigenvalue weighted by atomic mass is 16.5. The number of rotatable bonds is 5. The minimum Gasteiger partial charge on any atom is -0.491 e. The minimum absolute atomic E-state index is 0.0538. The highest BCUT2D eigenvalue weighted by molar-refractivity contribution is 6.00. The molecule has 0 spiro atoms. The molecule has 2 N–H and O–H groups in total. The molecule has 0 aliphatic carbocycles. The lowest BCUT2D eigenvalue weighted by atomic mass is 10.0. The van der Waals surface area contributed by atoms with E-state index >= 15 is 0 Å². The third kappa shape index (κ3) is 8.98. The zero-order chi connectivity index (χ0) is 33.3. The first kappa shape index (κ1) is 33.7. The van der Waals surface area contributed by atoms with Gasteiger partial charge in [0.05, 0.1) is 23.8 Å². The van der Waals surface area contributed by atoms with Crippen molar-refractivity contribution in [3.05, 3.63) is 102 Å². The normalized spacial score (nSPS) is 24.6. The summed E-state index contributed by atoms with van der Waals surface area (Å²) in [5.74, 6) is -1.05. The van der Waals surface area contributed by atoms with Gasteiger partial charge in [-0.2, -0.15) is 0 Å². The Morgan fingerprint density at radius 2 is 1.40 bits per heavy atom. The Bertz CT molecular complexity index is 1520. The number of nitrogens with one attached hydrogen (secondary N) is 2. The molecular weight excluding hydrogens is 596 g/mol. The van der Waals surface area contributed by atoms with Crippen molar-refractivity contribution in [2.75, 3.05) is 26.7 Å². The maximum Gasteiger partial charge on any atom is 0.255 e. The fourth-order valence-electron chi connectivity index (χ4n) is 6.25. The van der Waals surface area contributed by atoms with Crippen LogP contribution in [0.2, 0.25) is 0 Å². The number of amides is 4. The van der Waals surface area contributed by atoms with Gasteiger partial charge in [-0.25, -0.2) is 0 Å². The second-order valence-electron chi connectivity index (χ2n) is 12.5. The standard InChI is InChI=1S/C37H44N4O6/c1-25-22-41(23-26(2)47-25)37(45)31-18-19-34(42)38-32(21-28-14-8-5-9-15-28)36(44)40(3)29(20-27-12-6-4-7-13-27)24-46-33-17-11-10-16-30(33)35(43)39-31/h4-17,25-26,29,31-32H,18-24H2,1-3H3,(H,38,42)(H,39,43)/t25-,26+,29-,31+,32+/m1/s1. The van der Waals surface area contributed by atoms with E-state index < -0.39 is 24.0 Å². The maximum absolute atomic E-state index is 14.2. The Labute approximate surface area is 276 Å². The number of hydrogen-bond donors (Lipinski definition) is 2. The molecule has 3 aromatic carbocycles. The summed E-state index contributed by atoms with van der Waals surface area (Å²) in [6.45, 7) is 4.66. The number of nitrogens with zero attached hydrogens (tertiary/aromatic N) is 2. The van der Waals surface area contributed by atoms with E-state index in [-0.39, 0.29) is 54.9 Å². The Hall–Kier alpha value is -4.70. The van der Waals surface area contributed by atoms with Crippen LogP contribution >= 0.6 is 0 Å². The number of fused-ring (bicyclic) bond motifs is 1. The van der Waals surface area contributed by atoms with Crippen LogP contribution in [0, 0.1) is 0 Å². The highest BCUT2D eigenvalue weighted by Gasteiger charge is 2.34. The van der Waals surface area contributed by atoms with Crippen LogP contribution in [0.5, 0.6) is 5.75 Å². The van der Waals surface area contributed by atoms with E-state index in [2.05, 4.69) is 10.6 Å². The molecule has 2 aliphatic heterocycles. The zero-order valence-corrected chi connectivity index (χ0v) is 27.3. The van der Waals surface area contributed by atoms with E-state index in [0.29, 0.717) is 31.7 Å². The third-order valence-electron chi connectivity index (χ3n) is 8.68. The van der Waals surface area contributed by atoms with E-state index in [1.54, 1.807) is 41.1 Å². The van der Waals surface area contributed by atoms with Crippen molar-refractivity contribution in [3.63, 3.8) is 0 Å². The van der Waals surface area contributed by atoms with Crippen molar-refractivity contribution in [3.8, 4) is 5.75 Å². The second-order valence-corrected chi connectivity index (χ2v) is 12.5. The molecule has 3 aromatic rings. The van der Waals surface area contributed by atoms with E-state index in [1.807, 2.05) is 74.5 Å². The van der Waals surface area contributed by atoms with Gasteiger partial charge >= 0.3 is 0 Å². The molecule has 5 rings (SSSR count). The van der Waals surface area contributed by atoms with Crippen molar-refractivity contribution in [2.24, 2.45) is 0 Å². The smallest absolute Gasteiger partial charge is 0.255 e. The number of morpholine rings is 1. The van der Waals surface area contributed by atoms with Crippen LogP contribution in [0.15, 0.2) is 84.9 Å². The van der Waals surface area contributed by atoms with Crippen molar-refractivity contribution < 1.29 is 28.7 Å². The first-order valence-electron chi connectivity index (χ1n) is 16.3. The summed E-state index contributed by atoms with van der Waals surface area (Å²) >= 11 is 0. The van der Waals surface area contributed by atoms with Crippen LogP contribution < -0.4 is 15.4 Å². The predicted molar refractivity (Wildman–Crippen MR) is 178 cm³/mol. The van der Waals surface area contributed by atoms with Gasteiger partial charge in [0.2, 0.25) is 17.7 Å². The number of ether oxygens (including phenoxy) is 2. The first-order chi connectivity index (χ1) is 22.7. The Morgan fingerprint density at radius 1 is 0.809 bits per heavy atom. The minimum atomic E-state index is -0.972.